The van der Waals surface area contributed by atoms with Crippen LogP contribution in [0.3, 0.4) is 0 Å². The van der Waals surface area contributed by atoms with E-state index in [1.54, 1.807) is 16.7 Å². The van der Waals surface area contributed by atoms with Crippen molar-refractivity contribution in [1.82, 2.24) is 14.7 Å². The van der Waals surface area contributed by atoms with Gasteiger partial charge in [-0.2, -0.15) is 0 Å². The van der Waals surface area contributed by atoms with Gasteiger partial charge in [0.25, 0.3) is 5.91 Å². The Bertz CT molecular complexity index is 891. The van der Waals surface area contributed by atoms with Crippen LogP contribution in [-0.4, -0.2) is 76.3 Å². The van der Waals surface area contributed by atoms with Crippen LogP contribution in [0.5, 0.6) is 0 Å². The van der Waals surface area contributed by atoms with Gasteiger partial charge in [-0.05, 0) is 30.0 Å². The van der Waals surface area contributed by atoms with Crippen molar-refractivity contribution in [1.29, 1.82) is 0 Å². The zero-order chi connectivity index (χ0) is 22.5. The number of thioether (sulfide) groups is 1. The van der Waals surface area contributed by atoms with Crippen LogP contribution in [0.1, 0.15) is 37.8 Å². The van der Waals surface area contributed by atoms with Crippen molar-refractivity contribution in [2.24, 2.45) is 0 Å². The van der Waals surface area contributed by atoms with E-state index in [9.17, 15) is 14.4 Å². The van der Waals surface area contributed by atoms with E-state index < -0.39 is 0 Å². The monoisotopic (exact) mass is 461 g/mol. The zero-order valence-electron chi connectivity index (χ0n) is 18.0. The largest absolute Gasteiger partial charge is 0.450 e. The van der Waals surface area contributed by atoms with Crippen LogP contribution in [0, 0.1) is 0 Å². The Balaban J connectivity index is 1.59. The molecular weight excluding hydrogens is 434 g/mol. The number of piperazine rings is 1. The van der Waals surface area contributed by atoms with E-state index in [1.807, 2.05) is 18.2 Å². The molecule has 166 valence electrons. The fraction of sp³-hybridized carbons (Fsp3) is 0.455. The molecule has 31 heavy (non-hydrogen) atoms. The van der Waals surface area contributed by atoms with Gasteiger partial charge < -0.3 is 14.5 Å². The molecule has 0 atom stereocenters. The summed E-state index contributed by atoms with van der Waals surface area (Å²) in [4.78, 5) is 42.5. The van der Waals surface area contributed by atoms with Gasteiger partial charge in [0.1, 0.15) is 10.9 Å². The van der Waals surface area contributed by atoms with Crippen molar-refractivity contribution in [3.63, 3.8) is 0 Å². The van der Waals surface area contributed by atoms with E-state index in [-0.39, 0.29) is 24.5 Å². The fourth-order valence-corrected chi connectivity index (χ4v) is 4.61. The lowest BCUT2D eigenvalue weighted by Crippen LogP contribution is -2.53. The standard InChI is InChI=1S/C22H27N3O4S2/c1-4-29-21(28)24-11-9-23(10-12-24)19(26)14-25-20(27)18(31-22(25)30)13-16-5-7-17(8-6-16)15(2)3/h5-8,13,15H,4,9-12,14H2,1-3H3. The molecular formula is C22H27N3O4S2. The predicted octanol–water partition coefficient (Wildman–Crippen LogP) is 3.31. The number of carbonyl (C=O) groups is 3. The molecule has 0 N–H and O–H groups in total. The van der Waals surface area contributed by atoms with Gasteiger partial charge in [0.15, 0.2) is 0 Å². The summed E-state index contributed by atoms with van der Waals surface area (Å²) in [6.45, 7) is 7.89. The first kappa shape index (κ1) is 23.3. The molecule has 1 aromatic rings. The highest BCUT2D eigenvalue weighted by molar-refractivity contribution is 8.26. The summed E-state index contributed by atoms with van der Waals surface area (Å²) >= 11 is 6.57. The molecule has 3 amide bonds. The van der Waals surface area contributed by atoms with E-state index in [0.29, 0.717) is 47.9 Å². The van der Waals surface area contributed by atoms with Crippen molar-refractivity contribution < 1.29 is 19.1 Å². The second kappa shape index (κ2) is 10.3. The summed E-state index contributed by atoms with van der Waals surface area (Å²) in [7, 11) is 0. The third kappa shape index (κ3) is 5.65. The van der Waals surface area contributed by atoms with Crippen molar-refractivity contribution in [3.8, 4) is 0 Å². The summed E-state index contributed by atoms with van der Waals surface area (Å²) in [6.07, 6.45) is 1.45. The van der Waals surface area contributed by atoms with E-state index in [0.717, 1.165) is 5.56 Å². The van der Waals surface area contributed by atoms with Gasteiger partial charge in [0.2, 0.25) is 5.91 Å². The number of amides is 3. The Morgan fingerprint density at radius 1 is 1.13 bits per heavy atom. The van der Waals surface area contributed by atoms with Crippen molar-refractivity contribution in [2.75, 3.05) is 39.3 Å². The molecule has 0 radical (unpaired) electrons. The Morgan fingerprint density at radius 3 is 2.32 bits per heavy atom. The van der Waals surface area contributed by atoms with Crippen molar-refractivity contribution in [3.05, 3.63) is 40.3 Å². The number of rotatable bonds is 5. The maximum absolute atomic E-state index is 12.8. The highest BCUT2D eigenvalue weighted by Gasteiger charge is 2.35. The average Bonchev–Trinajstić information content (AvgIpc) is 3.01. The summed E-state index contributed by atoms with van der Waals surface area (Å²) in [6, 6.07) is 8.07. The number of ether oxygens (including phenoxy) is 1. The van der Waals surface area contributed by atoms with E-state index in [2.05, 4.69) is 26.0 Å². The topological polar surface area (TPSA) is 70.2 Å². The van der Waals surface area contributed by atoms with E-state index in [1.165, 1.54) is 22.2 Å². The summed E-state index contributed by atoms with van der Waals surface area (Å²) in [5.74, 6) is 0.0150. The molecule has 3 rings (SSSR count). The summed E-state index contributed by atoms with van der Waals surface area (Å²) in [5.41, 5.74) is 2.16. The number of benzene rings is 1. The molecule has 0 bridgehead atoms. The lowest BCUT2D eigenvalue weighted by atomic mass is 10.0. The van der Waals surface area contributed by atoms with E-state index in [4.69, 9.17) is 17.0 Å². The van der Waals surface area contributed by atoms with Crippen LogP contribution in [-0.2, 0) is 14.3 Å². The molecule has 7 nitrogen and oxygen atoms in total. The molecule has 0 saturated carbocycles. The van der Waals surface area contributed by atoms with Crippen molar-refractivity contribution in [2.45, 2.75) is 26.7 Å². The van der Waals surface area contributed by atoms with Gasteiger partial charge in [-0.25, -0.2) is 4.79 Å². The molecule has 2 saturated heterocycles. The third-order valence-electron chi connectivity index (χ3n) is 5.23. The van der Waals surface area contributed by atoms with Gasteiger partial charge in [0, 0.05) is 26.2 Å². The molecule has 9 heteroatoms. The number of carbonyl (C=O) groups excluding carboxylic acids is 3. The van der Waals surface area contributed by atoms with Gasteiger partial charge in [-0.3, -0.25) is 14.5 Å². The van der Waals surface area contributed by atoms with Gasteiger partial charge in [-0.15, -0.1) is 0 Å². The minimum atomic E-state index is -0.363. The Kier molecular flexibility index (Phi) is 7.72. The predicted molar refractivity (Wildman–Crippen MR) is 126 cm³/mol. The second-order valence-corrected chi connectivity index (χ2v) is 9.33. The Morgan fingerprint density at radius 2 is 1.74 bits per heavy atom. The molecule has 2 heterocycles. The number of hydrogen-bond donors (Lipinski definition) is 0. The first-order valence-electron chi connectivity index (χ1n) is 10.3. The van der Waals surface area contributed by atoms with Gasteiger partial charge in [-0.1, -0.05) is 62.1 Å². The third-order valence-corrected chi connectivity index (χ3v) is 6.60. The van der Waals surface area contributed by atoms with Crippen LogP contribution in [0.2, 0.25) is 0 Å². The Hall–Kier alpha value is -2.39. The first-order chi connectivity index (χ1) is 14.8. The minimum Gasteiger partial charge on any atom is -0.450 e. The molecule has 2 aliphatic heterocycles. The van der Waals surface area contributed by atoms with Crippen molar-refractivity contribution >= 4 is 52.3 Å². The minimum absolute atomic E-state index is 0.0896. The SMILES string of the molecule is CCOC(=O)N1CCN(C(=O)CN2C(=O)C(=Cc3ccc(C(C)C)cc3)SC2=S)CC1. The maximum atomic E-state index is 12.8. The first-order valence-corrected chi connectivity index (χ1v) is 11.6. The second-order valence-electron chi connectivity index (χ2n) is 7.66. The number of hydrogen-bond acceptors (Lipinski definition) is 6. The molecule has 2 fully saturated rings. The number of nitrogens with zero attached hydrogens (tertiary/aromatic N) is 3. The fourth-order valence-electron chi connectivity index (χ4n) is 3.35. The van der Waals surface area contributed by atoms with Crippen LogP contribution < -0.4 is 0 Å². The lowest BCUT2D eigenvalue weighted by Gasteiger charge is -2.34. The lowest BCUT2D eigenvalue weighted by molar-refractivity contribution is -0.136. The molecule has 2 aliphatic rings. The molecule has 0 unspecified atom stereocenters. The zero-order valence-corrected chi connectivity index (χ0v) is 19.6. The van der Waals surface area contributed by atoms with E-state index >= 15 is 0 Å². The van der Waals surface area contributed by atoms with Crippen LogP contribution in [0.4, 0.5) is 4.79 Å². The summed E-state index contributed by atoms with van der Waals surface area (Å²) in [5, 5.41) is 0. The molecule has 0 aliphatic carbocycles. The highest BCUT2D eigenvalue weighted by Crippen LogP contribution is 2.32. The molecule has 1 aromatic carbocycles. The smallest absolute Gasteiger partial charge is 0.409 e. The normalized spacial score (nSPS) is 18.3. The molecule has 0 spiro atoms. The summed E-state index contributed by atoms with van der Waals surface area (Å²) < 4.78 is 5.38. The average molecular weight is 462 g/mol. The molecule has 0 aromatic heterocycles. The number of thiocarbonyl (C=S) groups is 1. The maximum Gasteiger partial charge on any atom is 0.409 e. The van der Waals surface area contributed by atoms with Gasteiger partial charge in [0.05, 0.1) is 11.5 Å². The van der Waals surface area contributed by atoms with Crippen LogP contribution in [0.15, 0.2) is 29.2 Å². The van der Waals surface area contributed by atoms with Gasteiger partial charge >= 0.3 is 6.09 Å². The van der Waals surface area contributed by atoms with Crippen LogP contribution in [0.25, 0.3) is 6.08 Å². The quantitative estimate of drug-likeness (QED) is 0.495. The Labute approximate surface area is 192 Å². The highest BCUT2D eigenvalue weighted by atomic mass is 32.2. The van der Waals surface area contributed by atoms with Crippen LogP contribution >= 0.6 is 24.0 Å².